The molecule has 1 aromatic heterocycles. The first kappa shape index (κ1) is 19.7. The Morgan fingerprint density at radius 3 is 2.36 bits per heavy atom. The standard InChI is InChI=1S/C21H26N4O3/c1-4-28-21(27)25-7-5-24(6-8-25)19-12-17(13-22-14-19)20(26)23-18-10-15(2)9-16(3)11-18/h9-14H,4-8H2,1-3H3,(H,23,26). The third kappa shape index (κ3) is 4.79. The first-order valence-electron chi connectivity index (χ1n) is 9.47. The lowest BCUT2D eigenvalue weighted by atomic mass is 10.1. The molecule has 2 heterocycles. The van der Waals surface area contributed by atoms with Crippen LogP contribution in [0.2, 0.25) is 0 Å². The van der Waals surface area contributed by atoms with Gasteiger partial charge in [0.15, 0.2) is 0 Å². The van der Waals surface area contributed by atoms with E-state index in [1.807, 2.05) is 32.0 Å². The molecule has 2 amide bonds. The van der Waals surface area contributed by atoms with Crippen LogP contribution in [-0.4, -0.2) is 54.7 Å². The van der Waals surface area contributed by atoms with Gasteiger partial charge in [-0.15, -0.1) is 0 Å². The molecule has 0 radical (unpaired) electrons. The zero-order valence-electron chi connectivity index (χ0n) is 16.6. The Labute approximate surface area is 165 Å². The number of hydrogen-bond acceptors (Lipinski definition) is 5. The van der Waals surface area contributed by atoms with Crippen LogP contribution in [0, 0.1) is 13.8 Å². The fourth-order valence-corrected chi connectivity index (χ4v) is 3.34. The second-order valence-corrected chi connectivity index (χ2v) is 6.94. The highest BCUT2D eigenvalue weighted by atomic mass is 16.6. The SMILES string of the molecule is CCOC(=O)N1CCN(c2cncc(C(=O)Nc3cc(C)cc(C)c3)c2)CC1. The number of rotatable bonds is 4. The summed E-state index contributed by atoms with van der Waals surface area (Å²) >= 11 is 0. The maximum Gasteiger partial charge on any atom is 0.409 e. The maximum absolute atomic E-state index is 12.6. The quantitative estimate of drug-likeness (QED) is 0.879. The number of nitrogens with one attached hydrogen (secondary N) is 1. The summed E-state index contributed by atoms with van der Waals surface area (Å²) in [5, 5.41) is 2.94. The molecule has 1 aliphatic rings. The number of aryl methyl sites for hydroxylation is 2. The van der Waals surface area contributed by atoms with Crippen molar-refractivity contribution >= 4 is 23.4 Å². The van der Waals surface area contributed by atoms with Crippen LogP contribution < -0.4 is 10.2 Å². The second-order valence-electron chi connectivity index (χ2n) is 6.94. The lowest BCUT2D eigenvalue weighted by Gasteiger charge is -2.35. The van der Waals surface area contributed by atoms with Crippen molar-refractivity contribution in [2.45, 2.75) is 20.8 Å². The molecule has 0 bridgehead atoms. The molecule has 0 saturated carbocycles. The molecule has 1 saturated heterocycles. The molecular weight excluding hydrogens is 356 g/mol. The fourth-order valence-electron chi connectivity index (χ4n) is 3.34. The monoisotopic (exact) mass is 382 g/mol. The van der Waals surface area contributed by atoms with Crippen molar-refractivity contribution in [1.29, 1.82) is 0 Å². The molecule has 2 aromatic rings. The van der Waals surface area contributed by atoms with Gasteiger partial charge in [0, 0.05) is 38.1 Å². The van der Waals surface area contributed by atoms with Crippen LogP contribution in [-0.2, 0) is 4.74 Å². The highest BCUT2D eigenvalue weighted by Gasteiger charge is 2.22. The molecule has 1 fully saturated rings. The van der Waals surface area contributed by atoms with Crippen molar-refractivity contribution in [3.8, 4) is 0 Å². The van der Waals surface area contributed by atoms with Crippen LogP contribution >= 0.6 is 0 Å². The van der Waals surface area contributed by atoms with Gasteiger partial charge in [-0.25, -0.2) is 4.79 Å². The van der Waals surface area contributed by atoms with E-state index in [0.29, 0.717) is 38.3 Å². The van der Waals surface area contributed by atoms with Crippen molar-refractivity contribution in [2.75, 3.05) is 43.0 Å². The van der Waals surface area contributed by atoms with E-state index in [0.717, 1.165) is 22.5 Å². The lowest BCUT2D eigenvalue weighted by molar-refractivity contribution is 0.102. The van der Waals surface area contributed by atoms with E-state index in [-0.39, 0.29) is 12.0 Å². The smallest absolute Gasteiger partial charge is 0.409 e. The number of amides is 2. The van der Waals surface area contributed by atoms with Gasteiger partial charge in [0.05, 0.1) is 24.1 Å². The number of nitrogens with zero attached hydrogens (tertiary/aromatic N) is 3. The number of pyridine rings is 1. The largest absolute Gasteiger partial charge is 0.450 e. The molecule has 3 rings (SSSR count). The zero-order chi connectivity index (χ0) is 20.1. The molecule has 1 N–H and O–H groups in total. The first-order valence-corrected chi connectivity index (χ1v) is 9.47. The van der Waals surface area contributed by atoms with Crippen LogP contribution in [0.1, 0.15) is 28.4 Å². The average Bonchev–Trinajstić information content (AvgIpc) is 2.67. The molecule has 0 aliphatic carbocycles. The fraction of sp³-hybridized carbons (Fsp3) is 0.381. The summed E-state index contributed by atoms with van der Waals surface area (Å²) in [6, 6.07) is 7.78. The van der Waals surface area contributed by atoms with E-state index in [1.54, 1.807) is 24.2 Å². The summed E-state index contributed by atoms with van der Waals surface area (Å²) in [5.41, 5.74) is 4.35. The van der Waals surface area contributed by atoms with Gasteiger partial charge in [-0.2, -0.15) is 0 Å². The lowest BCUT2D eigenvalue weighted by Crippen LogP contribution is -2.49. The summed E-state index contributed by atoms with van der Waals surface area (Å²) in [6.07, 6.45) is 3.03. The Hall–Kier alpha value is -3.09. The molecule has 1 aliphatic heterocycles. The van der Waals surface area contributed by atoms with E-state index in [2.05, 4.69) is 21.3 Å². The maximum atomic E-state index is 12.6. The van der Waals surface area contributed by atoms with Crippen LogP contribution in [0.25, 0.3) is 0 Å². The van der Waals surface area contributed by atoms with Gasteiger partial charge < -0.3 is 19.9 Å². The van der Waals surface area contributed by atoms with Crippen LogP contribution in [0.4, 0.5) is 16.2 Å². The number of carbonyl (C=O) groups is 2. The molecule has 148 valence electrons. The molecule has 7 nitrogen and oxygen atoms in total. The van der Waals surface area contributed by atoms with E-state index >= 15 is 0 Å². The van der Waals surface area contributed by atoms with Gasteiger partial charge in [-0.1, -0.05) is 6.07 Å². The molecule has 28 heavy (non-hydrogen) atoms. The van der Waals surface area contributed by atoms with E-state index in [1.165, 1.54) is 0 Å². The summed E-state index contributed by atoms with van der Waals surface area (Å²) in [4.78, 5) is 32.5. The molecule has 0 unspecified atom stereocenters. The van der Waals surface area contributed by atoms with Crippen molar-refractivity contribution in [3.63, 3.8) is 0 Å². The Balaban J connectivity index is 1.65. The first-order chi connectivity index (χ1) is 13.5. The molecule has 0 spiro atoms. The van der Waals surface area contributed by atoms with Gasteiger partial charge >= 0.3 is 6.09 Å². The predicted octanol–water partition coefficient (Wildman–Crippen LogP) is 3.23. The number of piperazine rings is 1. The summed E-state index contributed by atoms with van der Waals surface area (Å²) < 4.78 is 5.05. The van der Waals surface area contributed by atoms with Gasteiger partial charge in [-0.05, 0) is 50.1 Å². The number of hydrogen-bond donors (Lipinski definition) is 1. The van der Waals surface area contributed by atoms with Crippen LogP contribution in [0.15, 0.2) is 36.7 Å². The third-order valence-corrected chi connectivity index (χ3v) is 4.64. The Morgan fingerprint density at radius 1 is 1.04 bits per heavy atom. The second kappa shape index (κ2) is 8.73. The molecule has 0 atom stereocenters. The minimum Gasteiger partial charge on any atom is -0.450 e. The average molecular weight is 382 g/mol. The van der Waals surface area contributed by atoms with Gasteiger partial charge in [-0.3, -0.25) is 9.78 Å². The zero-order valence-corrected chi connectivity index (χ0v) is 16.6. The summed E-state index contributed by atoms with van der Waals surface area (Å²) in [5.74, 6) is -0.190. The predicted molar refractivity (Wildman–Crippen MR) is 109 cm³/mol. The van der Waals surface area contributed by atoms with E-state index < -0.39 is 0 Å². The highest BCUT2D eigenvalue weighted by Crippen LogP contribution is 2.19. The Morgan fingerprint density at radius 2 is 1.71 bits per heavy atom. The van der Waals surface area contributed by atoms with Crippen molar-refractivity contribution in [1.82, 2.24) is 9.88 Å². The normalized spacial score (nSPS) is 14.0. The minimum atomic E-state index is -0.276. The highest BCUT2D eigenvalue weighted by molar-refractivity contribution is 6.04. The van der Waals surface area contributed by atoms with E-state index in [9.17, 15) is 9.59 Å². The number of anilines is 2. The summed E-state index contributed by atoms with van der Waals surface area (Å²) in [7, 11) is 0. The van der Waals surface area contributed by atoms with Crippen molar-refractivity contribution in [2.24, 2.45) is 0 Å². The molecule has 1 aromatic carbocycles. The van der Waals surface area contributed by atoms with Crippen molar-refractivity contribution in [3.05, 3.63) is 53.3 Å². The van der Waals surface area contributed by atoms with Gasteiger partial charge in [0.25, 0.3) is 5.91 Å². The van der Waals surface area contributed by atoms with Crippen LogP contribution in [0.5, 0.6) is 0 Å². The van der Waals surface area contributed by atoms with Gasteiger partial charge in [0.2, 0.25) is 0 Å². The Bertz CT molecular complexity index is 840. The third-order valence-electron chi connectivity index (χ3n) is 4.64. The summed E-state index contributed by atoms with van der Waals surface area (Å²) in [6.45, 7) is 8.68. The number of aromatic nitrogens is 1. The number of benzene rings is 1. The van der Waals surface area contributed by atoms with Crippen molar-refractivity contribution < 1.29 is 14.3 Å². The van der Waals surface area contributed by atoms with Gasteiger partial charge in [0.1, 0.15) is 0 Å². The van der Waals surface area contributed by atoms with Crippen LogP contribution in [0.3, 0.4) is 0 Å². The number of ether oxygens (including phenoxy) is 1. The molecule has 7 heteroatoms. The minimum absolute atomic E-state index is 0.190. The topological polar surface area (TPSA) is 74.8 Å². The number of carbonyl (C=O) groups excluding carboxylic acids is 2. The molecular formula is C21H26N4O3. The van der Waals surface area contributed by atoms with E-state index in [4.69, 9.17) is 4.74 Å². The Kier molecular flexibility index (Phi) is 6.13.